The van der Waals surface area contributed by atoms with E-state index >= 15 is 0 Å². The molecule has 10 heteroatoms. The van der Waals surface area contributed by atoms with E-state index in [1.54, 1.807) is 6.07 Å². The minimum absolute atomic E-state index is 0.0758. The minimum Gasteiger partial charge on any atom is -0.481 e. The molecule has 0 aliphatic carbocycles. The second kappa shape index (κ2) is 10.8. The molecule has 1 aromatic heterocycles. The number of carbonyl (C=O) groups is 1. The number of hydrogen-bond donors (Lipinski definition) is 2. The number of aryl methyl sites for hydroxylation is 2. The first-order valence-corrected chi connectivity index (χ1v) is 12.3. The molecule has 3 aromatic rings. The highest BCUT2D eigenvalue weighted by atomic mass is 35.5. The number of anilines is 2. The normalized spacial score (nSPS) is 12.3. The predicted octanol–water partition coefficient (Wildman–Crippen LogP) is 3.87. The third-order valence-electron chi connectivity index (χ3n) is 6.19. The van der Waals surface area contributed by atoms with Gasteiger partial charge in [-0.15, -0.1) is 0 Å². The quantitative estimate of drug-likeness (QED) is 0.437. The van der Waals surface area contributed by atoms with Crippen molar-refractivity contribution in [1.29, 1.82) is 0 Å². The number of aliphatic carboxylic acids is 1. The van der Waals surface area contributed by atoms with E-state index in [1.807, 2.05) is 36.9 Å². The number of aromatic nitrogens is 2. The molecule has 188 valence electrons. The van der Waals surface area contributed by atoms with Gasteiger partial charge in [0.2, 0.25) is 0 Å². The third kappa shape index (κ3) is 5.78. The fourth-order valence-corrected chi connectivity index (χ4v) is 4.52. The van der Waals surface area contributed by atoms with E-state index in [1.165, 1.54) is 0 Å². The summed E-state index contributed by atoms with van der Waals surface area (Å²) < 4.78 is 0. The highest BCUT2D eigenvalue weighted by molar-refractivity contribution is 6.42. The number of nitrogens with zero attached hydrogens (tertiary/aromatic N) is 4. The van der Waals surface area contributed by atoms with Crippen molar-refractivity contribution < 1.29 is 9.90 Å². The Balaban J connectivity index is 1.66. The molecule has 0 bridgehead atoms. The van der Waals surface area contributed by atoms with Crippen LogP contribution in [0.1, 0.15) is 29.5 Å². The van der Waals surface area contributed by atoms with Crippen LogP contribution in [0.4, 0.5) is 17.2 Å². The van der Waals surface area contributed by atoms with Crippen LogP contribution in [-0.2, 0) is 11.3 Å². The van der Waals surface area contributed by atoms with Gasteiger partial charge < -0.3 is 15.0 Å². The summed E-state index contributed by atoms with van der Waals surface area (Å²) in [6, 6.07) is 9.51. The molecule has 0 unspecified atom stereocenters. The lowest BCUT2D eigenvalue weighted by atomic mass is 10.1. The van der Waals surface area contributed by atoms with Gasteiger partial charge >= 0.3 is 5.97 Å². The Bertz CT molecular complexity index is 1490. The van der Waals surface area contributed by atoms with Gasteiger partial charge in [0.25, 0.3) is 5.56 Å². The fourth-order valence-electron chi connectivity index (χ4n) is 4.20. The minimum atomic E-state index is -0.831. The highest BCUT2D eigenvalue weighted by Gasteiger charge is 2.24. The Kier molecular flexibility index (Phi) is 7.78. The molecular weight excluding hydrogens is 501 g/mol. The van der Waals surface area contributed by atoms with Gasteiger partial charge in [0.15, 0.2) is 11.2 Å². The zero-order chi connectivity index (χ0) is 26.0. The lowest BCUT2D eigenvalue weighted by Crippen LogP contribution is -2.44. The summed E-state index contributed by atoms with van der Waals surface area (Å²) in [5.41, 5.74) is 4.64. The average molecular weight is 528 g/mol. The van der Waals surface area contributed by atoms with E-state index in [0.29, 0.717) is 54.2 Å². The molecule has 0 amide bonds. The molecule has 0 fully saturated rings. The zero-order valence-corrected chi connectivity index (χ0v) is 21.7. The van der Waals surface area contributed by atoms with Crippen LogP contribution in [0.2, 0.25) is 10.0 Å². The van der Waals surface area contributed by atoms with Gasteiger partial charge in [0.1, 0.15) is 5.48 Å². The van der Waals surface area contributed by atoms with Crippen LogP contribution in [0.25, 0.3) is 6.58 Å². The van der Waals surface area contributed by atoms with E-state index in [-0.39, 0.29) is 22.8 Å². The van der Waals surface area contributed by atoms with Gasteiger partial charge in [0.05, 0.1) is 21.4 Å². The molecule has 4 rings (SSSR count). The fraction of sp³-hybridized carbons (Fsp3) is 0.308. The molecule has 1 aliphatic rings. The molecule has 2 heterocycles. The van der Waals surface area contributed by atoms with Crippen molar-refractivity contribution in [3.8, 4) is 0 Å². The standard InChI is InChI=1S/C26H27Cl2N5O3/c1-15-11-21-22(12-16(15)2)33(25-24(31-21)26(36)30-17(3)29-25)10-9-32(8-4-5-23(34)35)14-18-6-7-19(27)20(28)13-18/h6-7,11-13H,3-5,8-10,14H2,1-2H3,(H,30,36)(H,34,35). The second-order valence-electron chi connectivity index (χ2n) is 8.90. The molecule has 0 saturated heterocycles. The number of hydrogen-bond acceptors (Lipinski definition) is 6. The smallest absolute Gasteiger partial charge is 0.303 e. The zero-order valence-electron chi connectivity index (χ0n) is 20.1. The molecule has 8 nitrogen and oxygen atoms in total. The van der Waals surface area contributed by atoms with Gasteiger partial charge in [0, 0.05) is 26.1 Å². The number of H-pyrrole nitrogens is 1. The van der Waals surface area contributed by atoms with Crippen molar-refractivity contribution in [2.24, 2.45) is 4.99 Å². The van der Waals surface area contributed by atoms with E-state index in [0.717, 1.165) is 22.4 Å². The van der Waals surface area contributed by atoms with E-state index < -0.39 is 5.97 Å². The first-order chi connectivity index (χ1) is 17.1. The van der Waals surface area contributed by atoms with Crippen LogP contribution >= 0.6 is 23.2 Å². The predicted molar refractivity (Wildman–Crippen MR) is 142 cm³/mol. The number of rotatable bonds is 9. The first-order valence-electron chi connectivity index (χ1n) is 11.6. The lowest BCUT2D eigenvalue weighted by molar-refractivity contribution is -0.137. The maximum absolute atomic E-state index is 12.7. The Labute approximate surface area is 218 Å². The maximum atomic E-state index is 12.7. The third-order valence-corrected chi connectivity index (χ3v) is 6.93. The summed E-state index contributed by atoms with van der Waals surface area (Å²) in [4.78, 5) is 39.7. The van der Waals surface area contributed by atoms with Gasteiger partial charge in [-0.1, -0.05) is 35.8 Å². The Morgan fingerprint density at radius 1 is 1.14 bits per heavy atom. The van der Waals surface area contributed by atoms with Gasteiger partial charge in [-0.25, -0.2) is 9.98 Å². The number of halogens is 2. The SMILES string of the molecule is C=c1nc2c(c(=O)[nH]1)=Nc1cc(C)c(C)cc1N2CCN(CCCC(=O)O)Cc1ccc(Cl)c(Cl)c1. The number of carboxylic acids is 1. The molecule has 2 N–H and O–H groups in total. The van der Waals surface area contributed by atoms with Crippen molar-refractivity contribution in [2.75, 3.05) is 24.5 Å². The number of carboxylic acid groups (broad SMARTS) is 1. The van der Waals surface area contributed by atoms with Crippen LogP contribution < -0.4 is 21.3 Å². The van der Waals surface area contributed by atoms with Crippen molar-refractivity contribution in [2.45, 2.75) is 33.2 Å². The van der Waals surface area contributed by atoms with Gasteiger partial charge in [-0.2, -0.15) is 0 Å². The molecular formula is C26H27Cl2N5O3. The second-order valence-corrected chi connectivity index (χ2v) is 9.71. The van der Waals surface area contributed by atoms with Crippen LogP contribution in [-0.4, -0.2) is 45.6 Å². The van der Waals surface area contributed by atoms with E-state index in [4.69, 9.17) is 28.3 Å². The largest absolute Gasteiger partial charge is 0.481 e. The molecule has 1 aliphatic heterocycles. The van der Waals surface area contributed by atoms with E-state index in [9.17, 15) is 9.59 Å². The molecule has 36 heavy (non-hydrogen) atoms. The summed E-state index contributed by atoms with van der Waals surface area (Å²) in [5, 5.41) is 10.3. The van der Waals surface area contributed by atoms with Crippen LogP contribution in [0.3, 0.4) is 0 Å². The Hall–Kier alpha value is -3.20. The molecule has 0 spiro atoms. The van der Waals surface area contributed by atoms with Crippen molar-refractivity contribution >= 4 is 52.9 Å². The number of aromatic amines is 1. The number of benzene rings is 2. The number of fused-ring (bicyclic) bond motifs is 2. The Morgan fingerprint density at radius 2 is 1.89 bits per heavy atom. The summed E-state index contributed by atoms with van der Waals surface area (Å²) >= 11 is 12.3. The van der Waals surface area contributed by atoms with Crippen LogP contribution in [0.15, 0.2) is 40.1 Å². The topological polar surface area (TPSA) is 102 Å². The molecule has 0 saturated carbocycles. The maximum Gasteiger partial charge on any atom is 0.303 e. The van der Waals surface area contributed by atoms with Crippen molar-refractivity contribution in [3.63, 3.8) is 0 Å². The highest BCUT2D eigenvalue weighted by Crippen LogP contribution is 2.36. The summed E-state index contributed by atoms with van der Waals surface area (Å²) in [5.74, 6) is -0.373. The molecule has 0 radical (unpaired) electrons. The Morgan fingerprint density at radius 3 is 2.61 bits per heavy atom. The monoisotopic (exact) mass is 527 g/mol. The summed E-state index contributed by atoms with van der Waals surface area (Å²) in [6.07, 6.45) is 0.574. The molecule has 2 aromatic carbocycles. The summed E-state index contributed by atoms with van der Waals surface area (Å²) in [6.45, 7) is 10.1. The first kappa shape index (κ1) is 25.9. The van der Waals surface area contributed by atoms with Crippen molar-refractivity contribution in [3.05, 3.63) is 78.3 Å². The van der Waals surface area contributed by atoms with Gasteiger partial charge in [-0.05, 0) is 67.8 Å². The van der Waals surface area contributed by atoms with E-state index in [2.05, 4.69) is 32.5 Å². The average Bonchev–Trinajstić information content (AvgIpc) is 2.80. The number of nitrogens with one attached hydrogen (secondary N) is 1. The van der Waals surface area contributed by atoms with Gasteiger partial charge in [-0.3, -0.25) is 14.5 Å². The molecule has 0 atom stereocenters. The van der Waals surface area contributed by atoms with Crippen LogP contribution in [0, 0.1) is 13.8 Å². The van der Waals surface area contributed by atoms with Crippen LogP contribution in [0.5, 0.6) is 0 Å². The summed E-state index contributed by atoms with van der Waals surface area (Å²) in [7, 11) is 0. The lowest BCUT2D eigenvalue weighted by Gasteiger charge is -2.31. The van der Waals surface area contributed by atoms with Crippen molar-refractivity contribution in [1.82, 2.24) is 14.9 Å².